The van der Waals surface area contributed by atoms with Gasteiger partial charge in [0.15, 0.2) is 5.65 Å². The van der Waals surface area contributed by atoms with Gasteiger partial charge in [-0.15, -0.1) is 14.8 Å². The first kappa shape index (κ1) is 17.7. The molecule has 0 amide bonds. The smallest absolute Gasteiger partial charge is 0.258 e. The zero-order valence-electron chi connectivity index (χ0n) is 16.7. The van der Waals surface area contributed by atoms with Gasteiger partial charge >= 0.3 is 0 Å². The molecule has 0 atom stereocenters. The molecular formula is C20H22N8O. The Kier molecular flexibility index (Phi) is 4.06. The zero-order valence-corrected chi connectivity index (χ0v) is 16.7. The van der Waals surface area contributed by atoms with Crippen molar-refractivity contribution >= 4 is 17.0 Å². The van der Waals surface area contributed by atoms with Crippen LogP contribution in [0.1, 0.15) is 11.4 Å². The van der Waals surface area contributed by atoms with Crippen molar-refractivity contribution in [2.45, 2.75) is 13.8 Å². The van der Waals surface area contributed by atoms with Crippen molar-refractivity contribution in [1.29, 1.82) is 0 Å². The Bertz CT molecular complexity index is 1280. The van der Waals surface area contributed by atoms with E-state index >= 15 is 0 Å². The molecule has 0 unspecified atom stereocenters. The van der Waals surface area contributed by atoms with Gasteiger partial charge in [-0.05, 0) is 44.7 Å². The average molecular weight is 390 g/mol. The number of rotatable bonds is 2. The van der Waals surface area contributed by atoms with E-state index in [1.54, 1.807) is 4.40 Å². The van der Waals surface area contributed by atoms with Crippen LogP contribution in [-0.4, -0.2) is 67.3 Å². The first-order chi connectivity index (χ1) is 14.0. The Morgan fingerprint density at radius 3 is 2.52 bits per heavy atom. The van der Waals surface area contributed by atoms with Gasteiger partial charge in [0.2, 0.25) is 0 Å². The first-order valence-corrected chi connectivity index (χ1v) is 9.66. The molecular weight excluding hydrogens is 368 g/mol. The highest BCUT2D eigenvalue weighted by molar-refractivity contribution is 5.63. The number of nitrogens with zero attached hydrogens (tertiary/aromatic N) is 8. The van der Waals surface area contributed by atoms with Crippen LogP contribution in [-0.2, 0) is 0 Å². The molecule has 0 aromatic carbocycles. The Hall–Kier alpha value is -3.33. The fraction of sp³-hybridized carbons (Fsp3) is 0.350. The van der Waals surface area contributed by atoms with E-state index in [4.69, 9.17) is 4.98 Å². The molecule has 1 saturated heterocycles. The van der Waals surface area contributed by atoms with Gasteiger partial charge in [-0.2, -0.15) is 0 Å². The summed E-state index contributed by atoms with van der Waals surface area (Å²) in [5, 5.41) is 8.71. The molecule has 0 spiro atoms. The van der Waals surface area contributed by atoms with Crippen LogP contribution in [0.25, 0.3) is 22.7 Å². The molecule has 5 heterocycles. The van der Waals surface area contributed by atoms with Gasteiger partial charge in [-0.1, -0.05) is 0 Å². The summed E-state index contributed by atoms with van der Waals surface area (Å²) in [4.78, 5) is 26.6. The highest BCUT2D eigenvalue weighted by Gasteiger charge is 2.17. The second-order valence-corrected chi connectivity index (χ2v) is 7.57. The zero-order chi connectivity index (χ0) is 20.1. The average Bonchev–Trinajstić information content (AvgIpc) is 3.08. The lowest BCUT2D eigenvalue weighted by atomic mass is 10.2. The lowest BCUT2D eigenvalue weighted by Gasteiger charge is -2.34. The van der Waals surface area contributed by atoms with Crippen LogP contribution in [0.15, 0.2) is 35.3 Å². The first-order valence-electron chi connectivity index (χ1n) is 9.66. The Morgan fingerprint density at radius 1 is 0.931 bits per heavy atom. The van der Waals surface area contributed by atoms with Gasteiger partial charge in [0.05, 0.1) is 11.4 Å². The normalized spacial score (nSPS) is 15.5. The standard InChI is InChI=1S/C20H22N8O/c1-13-10-15(26-8-6-25(3)7-9-26)12-27-19(29)11-17(22-20(13)27)16-4-5-18-21-14(2)23-28(18)24-16/h4-5,10-12H,6-9H2,1-3H3. The third-order valence-electron chi connectivity index (χ3n) is 5.37. The summed E-state index contributed by atoms with van der Waals surface area (Å²) in [6, 6.07) is 7.28. The number of hydrogen-bond acceptors (Lipinski definition) is 7. The lowest BCUT2D eigenvalue weighted by molar-refractivity contribution is 0.312. The van der Waals surface area contributed by atoms with Gasteiger partial charge in [0.25, 0.3) is 5.56 Å². The van der Waals surface area contributed by atoms with Crippen LogP contribution in [0.3, 0.4) is 0 Å². The summed E-state index contributed by atoms with van der Waals surface area (Å²) >= 11 is 0. The molecule has 0 saturated carbocycles. The van der Waals surface area contributed by atoms with Crippen molar-refractivity contribution < 1.29 is 0 Å². The number of aromatic nitrogens is 6. The molecule has 0 aliphatic carbocycles. The van der Waals surface area contributed by atoms with Crippen LogP contribution >= 0.6 is 0 Å². The molecule has 0 N–H and O–H groups in total. The molecule has 1 fully saturated rings. The van der Waals surface area contributed by atoms with Crippen molar-refractivity contribution in [2.75, 3.05) is 38.1 Å². The van der Waals surface area contributed by atoms with Crippen LogP contribution in [0.2, 0.25) is 0 Å². The largest absolute Gasteiger partial charge is 0.368 e. The Morgan fingerprint density at radius 2 is 1.72 bits per heavy atom. The van der Waals surface area contributed by atoms with Gasteiger partial charge in [0, 0.05) is 38.4 Å². The molecule has 9 nitrogen and oxygen atoms in total. The molecule has 1 aliphatic heterocycles. The van der Waals surface area contributed by atoms with Crippen LogP contribution in [0.4, 0.5) is 5.69 Å². The Balaban J connectivity index is 1.59. The maximum absolute atomic E-state index is 12.9. The van der Waals surface area contributed by atoms with Gasteiger partial charge < -0.3 is 9.80 Å². The minimum absolute atomic E-state index is 0.124. The van der Waals surface area contributed by atoms with E-state index in [0.717, 1.165) is 37.4 Å². The molecule has 4 aromatic rings. The number of piperazine rings is 1. The van der Waals surface area contributed by atoms with Crippen molar-refractivity contribution in [3.05, 3.63) is 52.2 Å². The third-order valence-corrected chi connectivity index (χ3v) is 5.37. The number of fused-ring (bicyclic) bond motifs is 2. The molecule has 1 aliphatic rings. The van der Waals surface area contributed by atoms with E-state index in [1.807, 2.05) is 32.2 Å². The van der Waals surface area contributed by atoms with Crippen LogP contribution in [0, 0.1) is 13.8 Å². The summed E-state index contributed by atoms with van der Waals surface area (Å²) in [5.41, 5.74) is 4.31. The number of aryl methyl sites for hydroxylation is 2. The maximum Gasteiger partial charge on any atom is 0.258 e. The second kappa shape index (κ2) is 6.63. The number of hydrogen-bond donors (Lipinski definition) is 0. The molecule has 5 rings (SSSR count). The number of pyridine rings is 1. The fourth-order valence-electron chi connectivity index (χ4n) is 3.74. The number of likely N-dealkylation sites (N-methyl/N-ethyl adjacent to an activating group) is 1. The monoisotopic (exact) mass is 390 g/mol. The highest BCUT2D eigenvalue weighted by atomic mass is 16.1. The Labute approximate surface area is 167 Å². The fourth-order valence-corrected chi connectivity index (χ4v) is 3.74. The minimum Gasteiger partial charge on any atom is -0.368 e. The third kappa shape index (κ3) is 3.13. The predicted molar refractivity (Wildman–Crippen MR) is 110 cm³/mol. The predicted octanol–water partition coefficient (Wildman–Crippen LogP) is 1.17. The molecule has 29 heavy (non-hydrogen) atoms. The molecule has 9 heteroatoms. The molecule has 0 radical (unpaired) electrons. The van der Waals surface area contributed by atoms with Gasteiger partial charge in [0.1, 0.15) is 17.2 Å². The second-order valence-electron chi connectivity index (χ2n) is 7.57. The highest BCUT2D eigenvalue weighted by Crippen LogP contribution is 2.21. The van der Waals surface area contributed by atoms with E-state index in [2.05, 4.69) is 38.1 Å². The summed E-state index contributed by atoms with van der Waals surface area (Å²) in [5.74, 6) is 0.647. The van der Waals surface area contributed by atoms with Crippen molar-refractivity contribution in [3.63, 3.8) is 0 Å². The summed E-state index contributed by atoms with van der Waals surface area (Å²) in [6.45, 7) is 7.73. The van der Waals surface area contributed by atoms with Crippen LogP contribution in [0.5, 0.6) is 0 Å². The quantitative estimate of drug-likeness (QED) is 0.508. The molecule has 0 bridgehead atoms. The molecule has 4 aromatic heterocycles. The summed E-state index contributed by atoms with van der Waals surface area (Å²) in [6.07, 6.45) is 1.89. The van der Waals surface area contributed by atoms with E-state index in [1.165, 1.54) is 10.7 Å². The van der Waals surface area contributed by atoms with E-state index in [0.29, 0.717) is 28.5 Å². The summed E-state index contributed by atoms with van der Waals surface area (Å²) < 4.78 is 3.10. The van der Waals surface area contributed by atoms with Gasteiger partial charge in [-0.3, -0.25) is 9.20 Å². The van der Waals surface area contributed by atoms with Crippen LogP contribution < -0.4 is 10.5 Å². The van der Waals surface area contributed by atoms with E-state index in [9.17, 15) is 4.79 Å². The van der Waals surface area contributed by atoms with Crippen molar-refractivity contribution in [3.8, 4) is 11.4 Å². The topological polar surface area (TPSA) is 83.9 Å². The minimum atomic E-state index is -0.124. The lowest BCUT2D eigenvalue weighted by Crippen LogP contribution is -2.44. The number of anilines is 1. The SMILES string of the molecule is Cc1nc2ccc(-c3cc(=O)n4cc(N5CCN(C)CC5)cc(C)c4n3)nn2n1. The molecule has 148 valence electrons. The van der Waals surface area contributed by atoms with Crippen molar-refractivity contribution in [1.82, 2.24) is 34.1 Å². The maximum atomic E-state index is 12.9. The van der Waals surface area contributed by atoms with Crippen molar-refractivity contribution in [2.24, 2.45) is 0 Å². The van der Waals surface area contributed by atoms with E-state index < -0.39 is 0 Å². The van der Waals surface area contributed by atoms with Gasteiger partial charge in [-0.25, -0.2) is 9.97 Å². The summed E-state index contributed by atoms with van der Waals surface area (Å²) in [7, 11) is 2.13. The van der Waals surface area contributed by atoms with E-state index in [-0.39, 0.29) is 5.56 Å².